The van der Waals surface area contributed by atoms with Crippen molar-refractivity contribution in [1.29, 1.82) is 0 Å². The fraction of sp³-hybridized carbons (Fsp3) is 0.462. The number of rotatable bonds is 7. The quantitative estimate of drug-likeness (QED) is 0.677. The Morgan fingerprint density at radius 1 is 1.38 bits per heavy atom. The van der Waals surface area contributed by atoms with Gasteiger partial charge >= 0.3 is 5.97 Å². The largest absolute Gasteiger partial charge is 0.496 e. The van der Waals surface area contributed by atoms with Crippen molar-refractivity contribution in [1.82, 2.24) is 4.31 Å². The molecule has 0 saturated heterocycles. The van der Waals surface area contributed by atoms with E-state index in [4.69, 9.17) is 9.47 Å². The van der Waals surface area contributed by atoms with Gasteiger partial charge in [0.2, 0.25) is 10.0 Å². The van der Waals surface area contributed by atoms with Crippen LogP contribution in [0.2, 0.25) is 0 Å². The SMILES string of the molecule is CCOC(=O)CCN(C)S(=O)(=O)c1ccc(OC)c(Br)c1. The Kier molecular flexibility index (Phi) is 6.63. The molecule has 0 atom stereocenters. The highest BCUT2D eigenvalue weighted by Crippen LogP contribution is 2.28. The lowest BCUT2D eigenvalue weighted by molar-refractivity contribution is -0.143. The summed E-state index contributed by atoms with van der Waals surface area (Å²) in [7, 11) is -0.734. The Hall–Kier alpha value is -1.12. The minimum absolute atomic E-state index is 0.0148. The molecule has 1 rings (SSSR count). The van der Waals surface area contributed by atoms with E-state index in [9.17, 15) is 13.2 Å². The van der Waals surface area contributed by atoms with Crippen molar-refractivity contribution in [3.63, 3.8) is 0 Å². The fourth-order valence-electron chi connectivity index (χ4n) is 1.59. The molecule has 0 fully saturated rings. The van der Waals surface area contributed by atoms with E-state index in [-0.39, 0.29) is 24.5 Å². The number of carbonyl (C=O) groups is 1. The Labute approximate surface area is 133 Å². The molecule has 0 aliphatic heterocycles. The summed E-state index contributed by atoms with van der Waals surface area (Å²) in [6.07, 6.45) is 0.0148. The predicted molar refractivity (Wildman–Crippen MR) is 81.8 cm³/mol. The molecule has 0 aromatic heterocycles. The Morgan fingerprint density at radius 3 is 2.57 bits per heavy atom. The number of methoxy groups -OCH3 is 1. The summed E-state index contributed by atoms with van der Waals surface area (Å²) in [6.45, 7) is 2.04. The Balaban J connectivity index is 2.85. The zero-order valence-electron chi connectivity index (χ0n) is 12.1. The van der Waals surface area contributed by atoms with Gasteiger partial charge in [0.25, 0.3) is 0 Å². The average Bonchev–Trinajstić information content (AvgIpc) is 2.44. The number of sulfonamides is 1. The van der Waals surface area contributed by atoms with Crippen LogP contribution in [0.1, 0.15) is 13.3 Å². The molecule has 118 valence electrons. The molecular formula is C13H18BrNO5S. The summed E-state index contributed by atoms with van der Waals surface area (Å²) in [5, 5.41) is 0. The van der Waals surface area contributed by atoms with Crippen LogP contribution < -0.4 is 4.74 Å². The molecule has 1 aromatic rings. The maximum absolute atomic E-state index is 12.4. The van der Waals surface area contributed by atoms with Crippen molar-refractivity contribution < 1.29 is 22.7 Å². The molecule has 0 heterocycles. The van der Waals surface area contributed by atoms with Crippen LogP contribution in [0.4, 0.5) is 0 Å². The topological polar surface area (TPSA) is 72.9 Å². The number of carbonyl (C=O) groups excluding carboxylic acids is 1. The first-order chi connectivity index (χ1) is 9.82. The number of nitrogens with zero attached hydrogens (tertiary/aromatic N) is 1. The molecule has 0 N–H and O–H groups in total. The number of benzene rings is 1. The van der Waals surface area contributed by atoms with Crippen molar-refractivity contribution in [2.45, 2.75) is 18.2 Å². The lowest BCUT2D eigenvalue weighted by atomic mass is 10.3. The van der Waals surface area contributed by atoms with E-state index < -0.39 is 16.0 Å². The zero-order valence-corrected chi connectivity index (χ0v) is 14.5. The maximum atomic E-state index is 12.4. The summed E-state index contributed by atoms with van der Waals surface area (Å²) in [6, 6.07) is 4.49. The summed E-state index contributed by atoms with van der Waals surface area (Å²) in [5.74, 6) is 0.124. The second-order valence-electron chi connectivity index (χ2n) is 4.18. The van der Waals surface area contributed by atoms with Gasteiger partial charge in [0.15, 0.2) is 0 Å². The van der Waals surface area contributed by atoms with Crippen molar-refractivity contribution in [3.05, 3.63) is 22.7 Å². The van der Waals surface area contributed by atoms with Gasteiger partial charge in [-0.2, -0.15) is 0 Å². The van der Waals surface area contributed by atoms with Crippen LogP contribution in [-0.4, -0.2) is 46.0 Å². The van der Waals surface area contributed by atoms with Gasteiger partial charge < -0.3 is 9.47 Å². The second kappa shape index (κ2) is 7.77. The molecule has 21 heavy (non-hydrogen) atoms. The smallest absolute Gasteiger partial charge is 0.307 e. The molecular weight excluding hydrogens is 362 g/mol. The average molecular weight is 380 g/mol. The molecule has 0 aliphatic rings. The van der Waals surface area contributed by atoms with Crippen LogP contribution in [0.5, 0.6) is 5.75 Å². The number of hydrogen-bond donors (Lipinski definition) is 0. The second-order valence-corrected chi connectivity index (χ2v) is 7.08. The van der Waals surface area contributed by atoms with Gasteiger partial charge in [-0.25, -0.2) is 12.7 Å². The minimum Gasteiger partial charge on any atom is -0.496 e. The molecule has 0 unspecified atom stereocenters. The van der Waals surface area contributed by atoms with Gasteiger partial charge in [-0.05, 0) is 41.1 Å². The number of hydrogen-bond acceptors (Lipinski definition) is 5. The van der Waals surface area contributed by atoms with Crippen molar-refractivity contribution in [2.24, 2.45) is 0 Å². The van der Waals surface area contributed by atoms with Gasteiger partial charge in [-0.1, -0.05) is 0 Å². The van der Waals surface area contributed by atoms with Crippen molar-refractivity contribution in [3.8, 4) is 5.75 Å². The zero-order chi connectivity index (χ0) is 16.0. The van der Waals surface area contributed by atoms with Crippen LogP contribution in [0.15, 0.2) is 27.6 Å². The molecule has 8 heteroatoms. The summed E-state index contributed by atoms with van der Waals surface area (Å²) >= 11 is 3.25. The van der Waals surface area contributed by atoms with Gasteiger partial charge in [-0.15, -0.1) is 0 Å². The first-order valence-corrected chi connectivity index (χ1v) is 8.51. The minimum atomic E-state index is -3.66. The monoisotopic (exact) mass is 379 g/mol. The van der Waals surface area contributed by atoms with Gasteiger partial charge in [0.05, 0.1) is 29.5 Å². The van der Waals surface area contributed by atoms with Crippen LogP contribution in [0, 0.1) is 0 Å². The molecule has 1 aromatic carbocycles. The molecule has 0 aliphatic carbocycles. The maximum Gasteiger partial charge on any atom is 0.307 e. The van der Waals surface area contributed by atoms with Crippen LogP contribution >= 0.6 is 15.9 Å². The molecule has 0 radical (unpaired) electrons. The first-order valence-electron chi connectivity index (χ1n) is 6.28. The summed E-state index contributed by atoms with van der Waals surface area (Å²) in [4.78, 5) is 11.4. The molecule has 6 nitrogen and oxygen atoms in total. The van der Waals surface area contributed by atoms with E-state index >= 15 is 0 Å². The van der Waals surface area contributed by atoms with E-state index in [2.05, 4.69) is 15.9 Å². The van der Waals surface area contributed by atoms with Crippen molar-refractivity contribution in [2.75, 3.05) is 27.3 Å². The van der Waals surface area contributed by atoms with Gasteiger partial charge in [0.1, 0.15) is 5.75 Å². The highest BCUT2D eigenvalue weighted by Gasteiger charge is 2.22. The predicted octanol–water partition coefficient (Wildman–Crippen LogP) is 2.03. The van der Waals surface area contributed by atoms with Crippen molar-refractivity contribution >= 4 is 31.9 Å². The van der Waals surface area contributed by atoms with Crippen LogP contribution in [0.3, 0.4) is 0 Å². The lowest BCUT2D eigenvalue weighted by Gasteiger charge is -2.17. The molecule has 0 saturated carbocycles. The standard InChI is InChI=1S/C13H18BrNO5S/c1-4-20-13(16)7-8-15(2)21(17,18)10-5-6-12(19-3)11(14)9-10/h5-6,9H,4,7-8H2,1-3H3. The summed E-state index contributed by atoms with van der Waals surface area (Å²) in [5.41, 5.74) is 0. The fourth-order valence-corrected chi connectivity index (χ4v) is 3.48. The Bertz CT molecular complexity index is 603. The van der Waals surface area contributed by atoms with Crippen LogP contribution in [0.25, 0.3) is 0 Å². The third kappa shape index (κ3) is 4.69. The highest BCUT2D eigenvalue weighted by atomic mass is 79.9. The number of halogens is 1. The van der Waals surface area contributed by atoms with Gasteiger partial charge in [0, 0.05) is 13.6 Å². The van der Waals surface area contributed by atoms with E-state index in [1.54, 1.807) is 13.0 Å². The number of ether oxygens (including phenoxy) is 2. The molecule has 0 spiro atoms. The molecule has 0 amide bonds. The van der Waals surface area contributed by atoms with E-state index in [0.717, 1.165) is 4.31 Å². The van der Waals surface area contributed by atoms with Crippen LogP contribution in [-0.2, 0) is 19.6 Å². The third-order valence-corrected chi connectivity index (χ3v) is 5.24. The van der Waals surface area contributed by atoms with E-state index in [1.165, 1.54) is 26.3 Å². The van der Waals surface area contributed by atoms with E-state index in [0.29, 0.717) is 10.2 Å². The Morgan fingerprint density at radius 2 is 2.05 bits per heavy atom. The van der Waals surface area contributed by atoms with Gasteiger partial charge in [-0.3, -0.25) is 4.79 Å². The normalized spacial score (nSPS) is 11.5. The number of esters is 1. The summed E-state index contributed by atoms with van der Waals surface area (Å²) < 4.78 is 36.2. The molecule has 0 bridgehead atoms. The first kappa shape index (κ1) is 17.9. The third-order valence-electron chi connectivity index (χ3n) is 2.77. The van der Waals surface area contributed by atoms with E-state index in [1.807, 2.05) is 0 Å². The highest BCUT2D eigenvalue weighted by molar-refractivity contribution is 9.10. The lowest BCUT2D eigenvalue weighted by Crippen LogP contribution is -2.29.